The van der Waals surface area contributed by atoms with Crippen molar-refractivity contribution in [3.05, 3.63) is 59.3 Å². The number of hydrogen-bond donors (Lipinski definition) is 2. The molecular weight excluding hydrogens is 358 g/mol. The molecule has 0 radical (unpaired) electrons. The molecule has 1 aromatic carbocycles. The summed E-state index contributed by atoms with van der Waals surface area (Å²) in [5.41, 5.74) is 4.17. The van der Waals surface area contributed by atoms with Crippen LogP contribution in [0.5, 0.6) is 0 Å². The first-order valence-corrected chi connectivity index (χ1v) is 10.9. The smallest absolute Gasteiger partial charge is 0.263 e. The average Bonchev–Trinajstić information content (AvgIpc) is 2.63. The Bertz CT molecular complexity index is 919. The summed E-state index contributed by atoms with van der Waals surface area (Å²) in [5.74, 6) is 0.315. The molecule has 1 aliphatic rings. The number of aryl methyl sites for hydroxylation is 2. The Labute approximate surface area is 162 Å². The molecular formula is C21H27N3O2S. The van der Waals surface area contributed by atoms with E-state index in [4.69, 9.17) is 0 Å². The lowest BCUT2D eigenvalue weighted by molar-refractivity contribution is 0.600. The maximum Gasteiger partial charge on any atom is 0.263 e. The molecule has 1 aliphatic carbocycles. The van der Waals surface area contributed by atoms with Crippen LogP contribution >= 0.6 is 0 Å². The van der Waals surface area contributed by atoms with Crippen molar-refractivity contribution >= 4 is 21.5 Å². The van der Waals surface area contributed by atoms with Gasteiger partial charge in [0.1, 0.15) is 5.82 Å². The minimum absolute atomic E-state index is 0.276. The second-order valence-corrected chi connectivity index (χ2v) is 8.74. The summed E-state index contributed by atoms with van der Waals surface area (Å²) in [4.78, 5) is 4.51. The zero-order chi connectivity index (χ0) is 19.3. The van der Waals surface area contributed by atoms with Crippen LogP contribution in [-0.4, -0.2) is 19.9 Å². The van der Waals surface area contributed by atoms with Crippen LogP contribution in [0.4, 0.5) is 11.5 Å². The molecule has 1 aromatic heterocycles. The summed E-state index contributed by atoms with van der Waals surface area (Å²) in [7, 11) is -3.65. The molecule has 6 heteroatoms. The molecule has 1 heterocycles. The van der Waals surface area contributed by atoms with E-state index in [1.807, 2.05) is 19.1 Å². The Balaban J connectivity index is 1.59. The minimum Gasteiger partial charge on any atom is -0.383 e. The van der Waals surface area contributed by atoms with Crippen molar-refractivity contribution in [1.82, 2.24) is 4.98 Å². The van der Waals surface area contributed by atoms with Crippen LogP contribution in [0.3, 0.4) is 0 Å². The molecule has 0 unspecified atom stereocenters. The first-order chi connectivity index (χ1) is 12.9. The Kier molecular flexibility index (Phi) is 6.16. The van der Waals surface area contributed by atoms with E-state index in [9.17, 15) is 8.42 Å². The van der Waals surface area contributed by atoms with E-state index >= 15 is 0 Å². The number of rotatable bonds is 7. The van der Waals surface area contributed by atoms with Crippen LogP contribution in [0.15, 0.2) is 53.1 Å². The predicted molar refractivity (Wildman–Crippen MR) is 111 cm³/mol. The molecule has 144 valence electrons. The van der Waals surface area contributed by atoms with Crippen LogP contribution in [0.2, 0.25) is 0 Å². The van der Waals surface area contributed by atoms with Crippen molar-refractivity contribution in [2.24, 2.45) is 0 Å². The van der Waals surface area contributed by atoms with Gasteiger partial charge in [-0.1, -0.05) is 29.3 Å². The zero-order valence-corrected chi connectivity index (χ0v) is 16.8. The highest BCUT2D eigenvalue weighted by molar-refractivity contribution is 7.92. The van der Waals surface area contributed by atoms with Crippen molar-refractivity contribution in [3.8, 4) is 0 Å². The van der Waals surface area contributed by atoms with Gasteiger partial charge in [0.15, 0.2) is 0 Å². The SMILES string of the molecule is Cc1ccc(S(=O)(=O)Nc2ccc(NCCC3=CCCCC3)cn2)c(C)c1. The van der Waals surface area contributed by atoms with Crippen LogP contribution < -0.4 is 10.0 Å². The van der Waals surface area contributed by atoms with Crippen LogP contribution in [0.1, 0.15) is 43.2 Å². The summed E-state index contributed by atoms with van der Waals surface area (Å²) in [6.45, 7) is 4.60. The minimum atomic E-state index is -3.65. The Morgan fingerprint density at radius 3 is 2.63 bits per heavy atom. The van der Waals surface area contributed by atoms with E-state index in [0.29, 0.717) is 5.82 Å². The highest BCUT2D eigenvalue weighted by Gasteiger charge is 2.17. The van der Waals surface area contributed by atoms with Gasteiger partial charge in [0.25, 0.3) is 10.0 Å². The first kappa shape index (κ1) is 19.4. The number of hydrogen-bond acceptors (Lipinski definition) is 4. The molecule has 3 rings (SSSR count). The van der Waals surface area contributed by atoms with Crippen molar-refractivity contribution in [2.75, 3.05) is 16.6 Å². The number of benzene rings is 1. The normalized spacial score (nSPS) is 14.5. The van der Waals surface area contributed by atoms with Crippen molar-refractivity contribution < 1.29 is 8.42 Å². The number of pyridine rings is 1. The van der Waals surface area contributed by atoms with Gasteiger partial charge in [0.2, 0.25) is 0 Å². The fraction of sp³-hybridized carbons (Fsp3) is 0.381. The van der Waals surface area contributed by atoms with Crippen molar-refractivity contribution in [1.29, 1.82) is 0 Å². The standard InChI is InChI=1S/C21H27N3O2S/c1-16-8-10-20(17(2)14-16)27(25,26)24-21-11-9-19(15-23-21)22-13-12-18-6-4-3-5-7-18/h6,8-11,14-15,22H,3-5,7,12-13H2,1-2H3,(H,23,24). The fourth-order valence-electron chi connectivity index (χ4n) is 3.35. The lowest BCUT2D eigenvalue weighted by Gasteiger charge is -2.14. The topological polar surface area (TPSA) is 71.1 Å². The maximum absolute atomic E-state index is 12.6. The molecule has 0 amide bonds. The second kappa shape index (κ2) is 8.57. The van der Waals surface area contributed by atoms with E-state index in [1.165, 1.54) is 31.3 Å². The van der Waals surface area contributed by atoms with Crippen LogP contribution in [0.25, 0.3) is 0 Å². The van der Waals surface area contributed by atoms with Gasteiger partial charge in [-0.3, -0.25) is 4.72 Å². The Morgan fingerprint density at radius 1 is 1.11 bits per heavy atom. The van der Waals surface area contributed by atoms with Crippen molar-refractivity contribution in [2.45, 2.75) is 50.8 Å². The van der Waals surface area contributed by atoms with Gasteiger partial charge >= 0.3 is 0 Å². The first-order valence-electron chi connectivity index (χ1n) is 9.42. The molecule has 2 aromatic rings. The number of nitrogens with zero attached hydrogens (tertiary/aromatic N) is 1. The number of nitrogens with one attached hydrogen (secondary N) is 2. The van der Waals surface area contributed by atoms with Crippen LogP contribution in [0, 0.1) is 13.8 Å². The maximum atomic E-state index is 12.6. The molecule has 0 atom stereocenters. The van der Waals surface area contributed by atoms with Gasteiger partial charge in [0, 0.05) is 6.54 Å². The molecule has 0 saturated heterocycles. The Morgan fingerprint density at radius 2 is 1.96 bits per heavy atom. The van der Waals surface area contributed by atoms with Gasteiger partial charge in [-0.15, -0.1) is 0 Å². The van der Waals surface area contributed by atoms with Gasteiger partial charge in [-0.05, 0) is 69.7 Å². The molecule has 27 heavy (non-hydrogen) atoms. The monoisotopic (exact) mass is 385 g/mol. The predicted octanol–water partition coefficient (Wildman–Crippen LogP) is 4.80. The number of anilines is 2. The molecule has 0 fully saturated rings. The average molecular weight is 386 g/mol. The second-order valence-electron chi connectivity index (χ2n) is 7.09. The largest absolute Gasteiger partial charge is 0.383 e. The highest BCUT2D eigenvalue weighted by Crippen LogP contribution is 2.21. The van der Waals surface area contributed by atoms with Gasteiger partial charge in [0.05, 0.1) is 16.8 Å². The quantitative estimate of drug-likeness (QED) is 0.672. The van der Waals surface area contributed by atoms with E-state index in [1.54, 1.807) is 31.3 Å². The third-order valence-corrected chi connectivity index (χ3v) is 6.30. The van der Waals surface area contributed by atoms with Crippen LogP contribution in [-0.2, 0) is 10.0 Å². The summed E-state index contributed by atoms with van der Waals surface area (Å²) in [6.07, 6.45) is 10.1. The zero-order valence-electron chi connectivity index (χ0n) is 16.0. The number of allylic oxidation sites excluding steroid dienone is 1. The third kappa shape index (κ3) is 5.32. The van der Waals surface area contributed by atoms with Crippen molar-refractivity contribution in [3.63, 3.8) is 0 Å². The van der Waals surface area contributed by atoms with E-state index in [2.05, 4.69) is 21.1 Å². The molecule has 0 saturated carbocycles. The van der Waals surface area contributed by atoms with Gasteiger partial charge < -0.3 is 5.32 Å². The molecule has 5 nitrogen and oxygen atoms in total. The van der Waals surface area contributed by atoms with E-state index in [0.717, 1.165) is 29.8 Å². The highest BCUT2D eigenvalue weighted by atomic mass is 32.2. The number of aromatic nitrogens is 1. The lowest BCUT2D eigenvalue weighted by Crippen LogP contribution is -2.15. The summed E-state index contributed by atoms with van der Waals surface area (Å²) < 4.78 is 27.7. The van der Waals surface area contributed by atoms with E-state index in [-0.39, 0.29) is 4.90 Å². The van der Waals surface area contributed by atoms with Gasteiger partial charge in [-0.2, -0.15) is 0 Å². The van der Waals surface area contributed by atoms with Gasteiger partial charge in [-0.25, -0.2) is 13.4 Å². The summed E-state index contributed by atoms with van der Waals surface area (Å²) >= 11 is 0. The third-order valence-electron chi connectivity index (χ3n) is 4.78. The summed E-state index contributed by atoms with van der Waals surface area (Å²) in [5, 5.41) is 3.35. The number of sulfonamides is 1. The molecule has 0 spiro atoms. The molecule has 2 N–H and O–H groups in total. The van der Waals surface area contributed by atoms with E-state index < -0.39 is 10.0 Å². The lowest BCUT2D eigenvalue weighted by atomic mass is 9.97. The molecule has 0 bridgehead atoms. The fourth-order valence-corrected chi connectivity index (χ4v) is 4.59. The Hall–Kier alpha value is -2.34. The molecule has 0 aliphatic heterocycles. The summed E-state index contributed by atoms with van der Waals surface area (Å²) in [6, 6.07) is 8.81.